The van der Waals surface area contributed by atoms with E-state index in [4.69, 9.17) is 14.0 Å². The van der Waals surface area contributed by atoms with Crippen molar-refractivity contribution in [3.8, 4) is 5.88 Å². The summed E-state index contributed by atoms with van der Waals surface area (Å²) in [4.78, 5) is 12.4. The van der Waals surface area contributed by atoms with Crippen LogP contribution in [0.5, 0.6) is 5.88 Å². The van der Waals surface area contributed by atoms with Gasteiger partial charge in [0.25, 0.3) is 5.88 Å². The Balaban J connectivity index is 2.18. The van der Waals surface area contributed by atoms with Crippen molar-refractivity contribution in [1.82, 2.24) is 15.2 Å². The van der Waals surface area contributed by atoms with E-state index in [2.05, 4.69) is 22.1 Å². The Kier molecular flexibility index (Phi) is 22.4. The average molecular weight is 744 g/mol. The molecule has 0 aliphatic rings. The summed E-state index contributed by atoms with van der Waals surface area (Å²) in [5, 5.41) is 6.52. The van der Waals surface area contributed by atoms with Crippen LogP contribution in [0.2, 0.25) is 0 Å². The lowest BCUT2D eigenvalue weighted by atomic mass is 10.0. The molecular weight excluding hydrogens is 683 g/mol. The summed E-state index contributed by atoms with van der Waals surface area (Å²) >= 11 is 1.94. The monoisotopic (exact) mass is 743 g/mol. The maximum atomic E-state index is 12.5. The molecule has 0 aromatic carbocycles. The highest BCUT2D eigenvalue weighted by Gasteiger charge is 2.27. The van der Waals surface area contributed by atoms with Gasteiger partial charge in [0, 0.05) is 19.0 Å². The van der Waals surface area contributed by atoms with Crippen LogP contribution in [0.1, 0.15) is 116 Å². The Hall–Kier alpha value is -1.12. The number of amides is 1. The van der Waals surface area contributed by atoms with Gasteiger partial charge in [-0.3, -0.25) is 0 Å². The molecule has 0 saturated heterocycles. The molecule has 43 heavy (non-hydrogen) atoms. The molecule has 2 unspecified atom stereocenters. The van der Waals surface area contributed by atoms with Crippen molar-refractivity contribution in [2.24, 2.45) is 0 Å². The highest BCUT2D eigenvalue weighted by atomic mass is 127. The van der Waals surface area contributed by atoms with E-state index in [-0.39, 0.29) is 18.2 Å². The molecule has 2 N–H and O–H groups in total. The van der Waals surface area contributed by atoms with Crippen molar-refractivity contribution in [2.45, 2.75) is 126 Å². The van der Waals surface area contributed by atoms with Gasteiger partial charge in [0.15, 0.2) is 10.2 Å². The molecule has 10 nitrogen and oxygen atoms in total. The molecule has 0 aliphatic carbocycles. The summed E-state index contributed by atoms with van der Waals surface area (Å²) in [6, 6.07) is 1.52. The molecule has 1 amide bonds. The smallest absolute Gasteiger partial charge is 0.408 e. The first-order valence-corrected chi connectivity index (χ1v) is 19.4. The zero-order chi connectivity index (χ0) is 31.8. The third-order valence-electron chi connectivity index (χ3n) is 7.24. The van der Waals surface area contributed by atoms with E-state index in [0.29, 0.717) is 17.4 Å². The zero-order valence-electron chi connectivity index (χ0n) is 27.3. The van der Waals surface area contributed by atoms with Gasteiger partial charge in [0.2, 0.25) is 10.0 Å². The summed E-state index contributed by atoms with van der Waals surface area (Å²) in [7, 11) is 2.54. The molecule has 252 valence electrons. The molecule has 0 spiro atoms. The van der Waals surface area contributed by atoms with Gasteiger partial charge in [-0.1, -0.05) is 103 Å². The second-order valence-corrected chi connectivity index (χ2v) is 15.7. The summed E-state index contributed by atoms with van der Waals surface area (Å²) in [5.74, 6) is 0.194. The van der Waals surface area contributed by atoms with Gasteiger partial charge in [-0.25, -0.2) is 17.9 Å². The van der Waals surface area contributed by atoms with Crippen LogP contribution in [-0.2, 0) is 14.8 Å². The molecule has 1 rings (SSSR count). The molecule has 0 bridgehead atoms. The van der Waals surface area contributed by atoms with Gasteiger partial charge in [-0.05, 0) is 34.2 Å². The third-order valence-corrected chi connectivity index (χ3v) is 9.73. The standard InChI is InChI=1S/C31H59IN4O6S/c1-5-6-7-8-9-10-11-12-13-14-15-16-17-18-19-20-23-33-31(37)42-30(32)28(41-29-22-25-40-35-29)27-34-43(38,39)26-21-24-36(2,3)4/h22,25,28,30,34H,5-21,23-24,26-27H2,1-4H3/p+1. The fourth-order valence-corrected chi connectivity index (χ4v) is 6.40. The van der Waals surface area contributed by atoms with Crippen LogP contribution in [-0.4, -0.2) is 80.9 Å². The van der Waals surface area contributed by atoms with Crippen molar-refractivity contribution in [3.63, 3.8) is 0 Å². The van der Waals surface area contributed by atoms with Crippen molar-refractivity contribution in [2.75, 3.05) is 46.5 Å². The number of nitrogens with one attached hydrogen (secondary N) is 2. The number of ether oxygens (including phenoxy) is 2. The Labute approximate surface area is 275 Å². The van der Waals surface area contributed by atoms with Crippen LogP contribution < -0.4 is 14.8 Å². The van der Waals surface area contributed by atoms with Gasteiger partial charge in [0.05, 0.1) is 40.0 Å². The summed E-state index contributed by atoms with van der Waals surface area (Å²) in [5.41, 5.74) is 0. The minimum Gasteiger partial charge on any atom is -0.466 e. The first-order valence-electron chi connectivity index (χ1n) is 16.5. The summed E-state index contributed by atoms with van der Waals surface area (Å²) in [6.07, 6.45) is 21.3. The first-order chi connectivity index (χ1) is 20.5. The minimum atomic E-state index is -3.52. The highest BCUT2D eigenvalue weighted by Crippen LogP contribution is 2.17. The quantitative estimate of drug-likeness (QED) is 0.0404. The van der Waals surface area contributed by atoms with Crippen LogP contribution in [0.25, 0.3) is 0 Å². The Bertz CT molecular complexity index is 912. The third kappa shape index (κ3) is 23.9. The molecule has 0 saturated carbocycles. The van der Waals surface area contributed by atoms with E-state index in [1.54, 1.807) is 0 Å². The Morgan fingerprint density at radius 1 is 0.907 bits per heavy atom. The number of alkyl carbamates (subject to hydrolysis) is 1. The largest absolute Gasteiger partial charge is 0.466 e. The van der Waals surface area contributed by atoms with Crippen LogP contribution >= 0.6 is 22.6 Å². The van der Waals surface area contributed by atoms with Crippen molar-refractivity contribution >= 4 is 38.7 Å². The molecular formula is C31H60IN4O6S+. The molecule has 0 radical (unpaired) electrons. The lowest BCUT2D eigenvalue weighted by Crippen LogP contribution is -2.44. The lowest BCUT2D eigenvalue weighted by Gasteiger charge is -2.24. The minimum absolute atomic E-state index is 0.00572. The van der Waals surface area contributed by atoms with Gasteiger partial charge >= 0.3 is 6.09 Å². The Morgan fingerprint density at radius 3 is 1.93 bits per heavy atom. The predicted molar refractivity (Wildman–Crippen MR) is 182 cm³/mol. The second-order valence-electron chi connectivity index (χ2n) is 12.5. The van der Waals surface area contributed by atoms with Crippen molar-refractivity contribution in [3.05, 3.63) is 12.3 Å². The average Bonchev–Trinajstić information content (AvgIpc) is 3.45. The summed E-state index contributed by atoms with van der Waals surface area (Å²) in [6.45, 7) is 3.47. The van der Waals surface area contributed by atoms with E-state index in [9.17, 15) is 13.2 Å². The number of hydrogen-bond acceptors (Lipinski definition) is 7. The normalized spacial score (nSPS) is 13.5. The van der Waals surface area contributed by atoms with Crippen LogP contribution in [0.3, 0.4) is 0 Å². The van der Waals surface area contributed by atoms with Crippen molar-refractivity contribution < 1.29 is 31.7 Å². The number of sulfonamides is 1. The number of nitrogens with zero attached hydrogens (tertiary/aromatic N) is 2. The number of unbranched alkanes of at least 4 members (excludes halogenated alkanes) is 15. The molecule has 1 heterocycles. The fourth-order valence-electron chi connectivity index (χ4n) is 4.70. The predicted octanol–water partition coefficient (Wildman–Crippen LogP) is 7.19. The number of hydrogen-bond donors (Lipinski definition) is 2. The van der Waals surface area contributed by atoms with Crippen LogP contribution in [0.4, 0.5) is 4.79 Å². The number of halogens is 1. The number of carbonyl (C=O) groups excluding carboxylic acids is 1. The fraction of sp³-hybridized carbons (Fsp3) is 0.871. The van der Waals surface area contributed by atoms with E-state index in [0.717, 1.165) is 19.4 Å². The van der Waals surface area contributed by atoms with Gasteiger partial charge in [-0.15, -0.1) is 0 Å². The zero-order valence-corrected chi connectivity index (χ0v) is 30.3. The molecule has 0 aliphatic heterocycles. The molecule has 1 aromatic rings. The van der Waals surface area contributed by atoms with E-state index < -0.39 is 26.3 Å². The number of carbonyl (C=O) groups is 1. The molecule has 1 aromatic heterocycles. The van der Waals surface area contributed by atoms with E-state index in [1.807, 2.05) is 43.7 Å². The van der Waals surface area contributed by atoms with Gasteiger partial charge in [0.1, 0.15) is 6.26 Å². The summed E-state index contributed by atoms with van der Waals surface area (Å²) < 4.78 is 43.6. The topological polar surface area (TPSA) is 120 Å². The highest BCUT2D eigenvalue weighted by molar-refractivity contribution is 14.1. The van der Waals surface area contributed by atoms with Gasteiger partial charge < -0.3 is 23.8 Å². The SMILES string of the molecule is CCCCCCCCCCCCCCCCCCNC(=O)OC(I)C(CNS(=O)(=O)CCC[N+](C)(C)C)Oc1ccon1. The number of rotatable bonds is 28. The van der Waals surface area contributed by atoms with Crippen molar-refractivity contribution in [1.29, 1.82) is 0 Å². The maximum absolute atomic E-state index is 12.5. The lowest BCUT2D eigenvalue weighted by molar-refractivity contribution is -0.870. The van der Waals surface area contributed by atoms with E-state index >= 15 is 0 Å². The molecule has 12 heteroatoms. The molecule has 0 fully saturated rings. The Morgan fingerprint density at radius 2 is 1.44 bits per heavy atom. The number of alkyl halides is 1. The first kappa shape index (κ1) is 39.9. The van der Waals surface area contributed by atoms with E-state index in [1.165, 1.54) is 102 Å². The van der Waals surface area contributed by atoms with Crippen LogP contribution in [0, 0.1) is 0 Å². The van der Waals surface area contributed by atoms with Gasteiger partial charge in [-0.2, -0.15) is 0 Å². The van der Waals surface area contributed by atoms with Crippen LogP contribution in [0.15, 0.2) is 16.9 Å². The molecule has 2 atom stereocenters. The maximum Gasteiger partial charge on any atom is 0.408 e. The second kappa shape index (κ2) is 24.2. The number of quaternary nitrogens is 1. The number of aromatic nitrogens is 1.